The third-order valence-corrected chi connectivity index (χ3v) is 1.61. The largest absolute Gasteiger partial charge is 0.157 e. The van der Waals surface area contributed by atoms with E-state index in [1.807, 2.05) is 5.06 Å². The second kappa shape index (κ2) is 5.69. The molecule has 0 amide bonds. The highest BCUT2D eigenvalue weighted by molar-refractivity contribution is 4.47. The van der Waals surface area contributed by atoms with Crippen LogP contribution in [0.2, 0.25) is 0 Å². The van der Waals surface area contributed by atoms with Crippen molar-refractivity contribution in [2.24, 2.45) is 0 Å². The quantitative estimate of drug-likeness (QED) is 0.426. The molecular formula is C8H19NO+. The second-order valence-corrected chi connectivity index (χ2v) is 2.44. The van der Waals surface area contributed by atoms with Gasteiger partial charge in [-0.1, -0.05) is 6.92 Å². The Morgan fingerprint density at radius 1 is 1.20 bits per heavy atom. The normalized spacial score (nSPS) is 14.1. The Balaban J connectivity index is 3.41. The molecule has 0 aromatic carbocycles. The van der Waals surface area contributed by atoms with Crippen molar-refractivity contribution in [1.29, 1.82) is 0 Å². The molecular weight excluding hydrogens is 126 g/mol. The van der Waals surface area contributed by atoms with Crippen molar-refractivity contribution >= 4 is 0 Å². The summed E-state index contributed by atoms with van der Waals surface area (Å²) in [5.41, 5.74) is 0. The first-order valence-corrected chi connectivity index (χ1v) is 4.16. The van der Waals surface area contributed by atoms with Gasteiger partial charge < -0.3 is 0 Å². The molecule has 0 bridgehead atoms. The minimum Gasteiger partial charge on any atom is -0.146 e. The van der Waals surface area contributed by atoms with Gasteiger partial charge in [0.25, 0.3) is 0 Å². The molecule has 0 saturated carbocycles. The summed E-state index contributed by atoms with van der Waals surface area (Å²) >= 11 is 0. The topological polar surface area (TPSA) is 15.1 Å². The van der Waals surface area contributed by atoms with Gasteiger partial charge in [0.1, 0.15) is 6.10 Å². The summed E-state index contributed by atoms with van der Waals surface area (Å²) in [7, 11) is 0. The van der Waals surface area contributed by atoms with Gasteiger partial charge in [0, 0.05) is 0 Å². The van der Waals surface area contributed by atoms with Crippen LogP contribution in [0.3, 0.4) is 0 Å². The lowest BCUT2D eigenvalue weighted by atomic mass is 10.3. The fourth-order valence-corrected chi connectivity index (χ4v) is 0.702. The first-order chi connectivity index (χ1) is 4.74. The highest BCUT2D eigenvalue weighted by Gasteiger charge is 2.14. The molecule has 0 rings (SSSR count). The van der Waals surface area contributed by atoms with E-state index in [0.717, 1.165) is 19.5 Å². The van der Waals surface area contributed by atoms with Crippen molar-refractivity contribution in [2.75, 3.05) is 13.1 Å². The molecule has 0 saturated heterocycles. The number of rotatable bonds is 5. The predicted octanol–water partition coefficient (Wildman–Crippen LogP) is 1.90. The SMILES string of the molecule is CCC(C)O[N+](CC)CC. The Hall–Kier alpha value is -0.0800. The highest BCUT2D eigenvalue weighted by Crippen LogP contribution is 1.97. The van der Waals surface area contributed by atoms with Crippen LogP contribution in [-0.4, -0.2) is 19.2 Å². The van der Waals surface area contributed by atoms with Crippen molar-refractivity contribution in [3.05, 3.63) is 0 Å². The van der Waals surface area contributed by atoms with Crippen LogP contribution >= 0.6 is 0 Å². The zero-order valence-corrected chi connectivity index (χ0v) is 7.55. The Bertz CT molecular complexity index is 71.7. The first kappa shape index (κ1) is 9.92. The van der Waals surface area contributed by atoms with E-state index in [1.54, 1.807) is 0 Å². The summed E-state index contributed by atoms with van der Waals surface area (Å²) in [5.74, 6) is 0. The van der Waals surface area contributed by atoms with Crippen LogP contribution in [0.1, 0.15) is 34.1 Å². The fourth-order valence-electron chi connectivity index (χ4n) is 0.702. The molecule has 0 fully saturated rings. The Kier molecular flexibility index (Phi) is 5.64. The molecule has 0 spiro atoms. The number of hydrogen-bond acceptors (Lipinski definition) is 2. The lowest BCUT2D eigenvalue weighted by molar-refractivity contribution is -0.108. The lowest BCUT2D eigenvalue weighted by Crippen LogP contribution is -2.33. The van der Waals surface area contributed by atoms with Gasteiger partial charge in [-0.15, -0.1) is 4.84 Å². The number of hydrogen-bond donors (Lipinski definition) is 0. The van der Waals surface area contributed by atoms with Gasteiger partial charge in [0.05, 0.1) is 0 Å². The van der Waals surface area contributed by atoms with Gasteiger partial charge >= 0.3 is 0 Å². The Morgan fingerprint density at radius 3 is 2.00 bits per heavy atom. The molecule has 0 aliphatic carbocycles. The Labute approximate surface area is 64.1 Å². The summed E-state index contributed by atoms with van der Waals surface area (Å²) < 4.78 is 0. The average molecular weight is 145 g/mol. The van der Waals surface area contributed by atoms with E-state index < -0.39 is 0 Å². The van der Waals surface area contributed by atoms with Crippen molar-refractivity contribution < 1.29 is 4.84 Å². The average Bonchev–Trinajstić information content (AvgIpc) is 1.99. The van der Waals surface area contributed by atoms with E-state index in [9.17, 15) is 0 Å². The summed E-state index contributed by atoms with van der Waals surface area (Å²) in [6, 6.07) is 0. The maximum atomic E-state index is 5.53. The van der Waals surface area contributed by atoms with Crippen molar-refractivity contribution in [2.45, 2.75) is 40.2 Å². The highest BCUT2D eigenvalue weighted by atomic mass is 16.7. The molecule has 0 aliphatic rings. The monoisotopic (exact) mass is 145 g/mol. The predicted molar refractivity (Wildman–Crippen MR) is 44.1 cm³/mol. The summed E-state index contributed by atoms with van der Waals surface area (Å²) in [5, 5.41) is 1.98. The van der Waals surface area contributed by atoms with Crippen LogP contribution < -0.4 is 5.06 Å². The third-order valence-electron chi connectivity index (χ3n) is 1.61. The van der Waals surface area contributed by atoms with Crippen LogP contribution in [0, 0.1) is 0 Å². The molecule has 0 aromatic heterocycles. The van der Waals surface area contributed by atoms with Crippen LogP contribution in [0.25, 0.3) is 0 Å². The van der Waals surface area contributed by atoms with Crippen LogP contribution in [0.15, 0.2) is 0 Å². The van der Waals surface area contributed by atoms with Crippen molar-refractivity contribution in [3.8, 4) is 0 Å². The van der Waals surface area contributed by atoms with Gasteiger partial charge in [-0.3, -0.25) is 0 Å². The van der Waals surface area contributed by atoms with Gasteiger partial charge in [0.15, 0.2) is 13.1 Å². The van der Waals surface area contributed by atoms with E-state index in [2.05, 4.69) is 27.7 Å². The number of hydroxylamine groups is 2. The molecule has 10 heavy (non-hydrogen) atoms. The zero-order valence-electron chi connectivity index (χ0n) is 7.55. The van der Waals surface area contributed by atoms with Gasteiger partial charge in [-0.25, -0.2) is 0 Å². The van der Waals surface area contributed by atoms with E-state index in [4.69, 9.17) is 4.84 Å². The van der Waals surface area contributed by atoms with Gasteiger partial charge in [-0.05, 0) is 32.3 Å². The molecule has 0 aliphatic heterocycles. The summed E-state index contributed by atoms with van der Waals surface area (Å²) in [4.78, 5) is 5.53. The molecule has 0 N–H and O–H groups in total. The molecule has 1 radical (unpaired) electrons. The molecule has 2 nitrogen and oxygen atoms in total. The van der Waals surface area contributed by atoms with Gasteiger partial charge in [-0.2, -0.15) is 0 Å². The van der Waals surface area contributed by atoms with Crippen LogP contribution in [0.5, 0.6) is 0 Å². The van der Waals surface area contributed by atoms with E-state index >= 15 is 0 Å². The van der Waals surface area contributed by atoms with Crippen molar-refractivity contribution in [1.82, 2.24) is 5.06 Å². The van der Waals surface area contributed by atoms with E-state index in [0.29, 0.717) is 6.10 Å². The zero-order chi connectivity index (χ0) is 7.98. The molecule has 0 aromatic rings. The molecule has 0 heterocycles. The van der Waals surface area contributed by atoms with E-state index in [-0.39, 0.29) is 0 Å². The fraction of sp³-hybridized carbons (Fsp3) is 1.00. The minimum absolute atomic E-state index is 0.361. The summed E-state index contributed by atoms with van der Waals surface area (Å²) in [6.45, 7) is 10.4. The molecule has 61 valence electrons. The van der Waals surface area contributed by atoms with Crippen molar-refractivity contribution in [3.63, 3.8) is 0 Å². The number of nitrogens with zero attached hydrogens (tertiary/aromatic N) is 1. The first-order valence-electron chi connectivity index (χ1n) is 4.16. The van der Waals surface area contributed by atoms with Crippen LogP contribution in [-0.2, 0) is 4.84 Å². The standard InChI is InChI=1S/C8H19NO/c1-5-8(4)10-9(6-2)7-3/h8H,5-7H2,1-4H3/q+1. The maximum absolute atomic E-state index is 5.53. The second-order valence-electron chi connectivity index (χ2n) is 2.44. The third kappa shape index (κ3) is 3.85. The minimum atomic E-state index is 0.361. The molecule has 1 atom stereocenters. The van der Waals surface area contributed by atoms with E-state index in [1.165, 1.54) is 0 Å². The molecule has 1 unspecified atom stereocenters. The molecule has 2 heteroatoms. The Morgan fingerprint density at radius 2 is 1.70 bits per heavy atom. The summed E-state index contributed by atoms with van der Waals surface area (Å²) in [6.07, 6.45) is 1.44. The maximum Gasteiger partial charge on any atom is 0.157 e. The lowest BCUT2D eigenvalue weighted by Gasteiger charge is -2.09. The van der Waals surface area contributed by atoms with Gasteiger partial charge in [0.2, 0.25) is 0 Å². The smallest absolute Gasteiger partial charge is 0.146 e. The van der Waals surface area contributed by atoms with Crippen LogP contribution in [0.4, 0.5) is 0 Å².